The number of hydrogen-bond acceptors (Lipinski definition) is 2. The van der Waals surface area contributed by atoms with Gasteiger partial charge in [0.15, 0.2) is 0 Å². The van der Waals surface area contributed by atoms with Gasteiger partial charge in [0.25, 0.3) is 0 Å². The van der Waals surface area contributed by atoms with Gasteiger partial charge in [-0.05, 0) is 25.7 Å². The first-order valence-electron chi connectivity index (χ1n) is 6.66. The van der Waals surface area contributed by atoms with Crippen molar-refractivity contribution in [1.29, 1.82) is 0 Å². The Kier molecular flexibility index (Phi) is 6.78. The van der Waals surface area contributed by atoms with E-state index in [0.29, 0.717) is 0 Å². The Morgan fingerprint density at radius 3 is 1.50 bits per heavy atom. The lowest BCUT2D eigenvalue weighted by Crippen LogP contribution is -1.96. The minimum Gasteiger partial charge on any atom is -0.258 e. The summed E-state index contributed by atoms with van der Waals surface area (Å²) in [5, 5.41) is 0. The molecule has 2 heteroatoms. The zero-order chi connectivity index (χ0) is 11.6. The van der Waals surface area contributed by atoms with Crippen LogP contribution >= 0.6 is 0 Å². The van der Waals surface area contributed by atoms with Crippen LogP contribution in [0.5, 0.6) is 0 Å². The SMILES string of the molecule is CCCCCc1cnc(CCCCC)cn1. The van der Waals surface area contributed by atoms with Crippen molar-refractivity contribution >= 4 is 0 Å². The number of aryl methyl sites for hydroxylation is 2. The van der Waals surface area contributed by atoms with Crippen LogP contribution < -0.4 is 0 Å². The summed E-state index contributed by atoms with van der Waals surface area (Å²) in [6, 6.07) is 0. The molecule has 1 rings (SSSR count). The fourth-order valence-electron chi connectivity index (χ4n) is 1.75. The van der Waals surface area contributed by atoms with Gasteiger partial charge in [0.05, 0.1) is 11.4 Å². The monoisotopic (exact) mass is 220 g/mol. The highest BCUT2D eigenvalue weighted by atomic mass is 14.8. The van der Waals surface area contributed by atoms with Crippen molar-refractivity contribution in [2.75, 3.05) is 0 Å². The summed E-state index contributed by atoms with van der Waals surface area (Å²) in [7, 11) is 0. The van der Waals surface area contributed by atoms with Crippen molar-refractivity contribution in [2.45, 2.75) is 65.2 Å². The fraction of sp³-hybridized carbons (Fsp3) is 0.714. The van der Waals surface area contributed by atoms with E-state index >= 15 is 0 Å². The first kappa shape index (κ1) is 13.1. The molecule has 0 spiro atoms. The molecule has 0 bridgehead atoms. The molecule has 2 nitrogen and oxygen atoms in total. The quantitative estimate of drug-likeness (QED) is 0.620. The van der Waals surface area contributed by atoms with Crippen LogP contribution in [-0.4, -0.2) is 9.97 Å². The lowest BCUT2D eigenvalue weighted by molar-refractivity contribution is 0.690. The van der Waals surface area contributed by atoms with Gasteiger partial charge in [-0.15, -0.1) is 0 Å². The molecular formula is C14H24N2. The van der Waals surface area contributed by atoms with Crippen LogP contribution in [0.2, 0.25) is 0 Å². The molecule has 1 aromatic heterocycles. The number of nitrogens with zero attached hydrogens (tertiary/aromatic N) is 2. The van der Waals surface area contributed by atoms with Crippen LogP contribution in [0.3, 0.4) is 0 Å². The molecular weight excluding hydrogens is 196 g/mol. The van der Waals surface area contributed by atoms with E-state index in [9.17, 15) is 0 Å². The van der Waals surface area contributed by atoms with E-state index in [1.54, 1.807) is 0 Å². The molecule has 0 aromatic carbocycles. The van der Waals surface area contributed by atoms with Crippen LogP contribution in [0, 0.1) is 0 Å². The Balaban J connectivity index is 2.30. The minimum atomic E-state index is 1.08. The molecule has 0 aliphatic carbocycles. The average molecular weight is 220 g/mol. The molecule has 1 heterocycles. The molecule has 0 N–H and O–H groups in total. The van der Waals surface area contributed by atoms with Gasteiger partial charge >= 0.3 is 0 Å². The van der Waals surface area contributed by atoms with Crippen molar-refractivity contribution in [3.8, 4) is 0 Å². The standard InChI is InChI=1S/C14H24N2/c1-3-5-7-9-13-11-16-14(12-15-13)10-8-6-4-2/h11-12H,3-10H2,1-2H3. The summed E-state index contributed by atoms with van der Waals surface area (Å²) < 4.78 is 0. The summed E-state index contributed by atoms with van der Waals surface area (Å²) in [4.78, 5) is 8.93. The number of rotatable bonds is 8. The molecule has 0 aliphatic heterocycles. The molecule has 0 atom stereocenters. The molecule has 1 aromatic rings. The lowest BCUT2D eigenvalue weighted by Gasteiger charge is -2.02. The second-order valence-electron chi connectivity index (χ2n) is 4.41. The van der Waals surface area contributed by atoms with E-state index in [-0.39, 0.29) is 0 Å². The smallest absolute Gasteiger partial charge is 0.0586 e. The third-order valence-electron chi connectivity index (χ3n) is 2.83. The van der Waals surface area contributed by atoms with E-state index in [1.807, 2.05) is 12.4 Å². The number of hydrogen-bond donors (Lipinski definition) is 0. The number of aromatic nitrogens is 2. The van der Waals surface area contributed by atoms with Gasteiger partial charge in [0.1, 0.15) is 0 Å². The first-order chi connectivity index (χ1) is 7.86. The van der Waals surface area contributed by atoms with Gasteiger partial charge in [0, 0.05) is 12.4 Å². The predicted octanol–water partition coefficient (Wildman–Crippen LogP) is 3.94. The Hall–Kier alpha value is -0.920. The third-order valence-corrected chi connectivity index (χ3v) is 2.83. The second-order valence-corrected chi connectivity index (χ2v) is 4.41. The van der Waals surface area contributed by atoms with Crippen LogP contribution in [0.15, 0.2) is 12.4 Å². The topological polar surface area (TPSA) is 25.8 Å². The summed E-state index contributed by atoms with van der Waals surface area (Å²) in [5.41, 5.74) is 2.29. The Morgan fingerprint density at radius 2 is 1.19 bits per heavy atom. The average Bonchev–Trinajstić information content (AvgIpc) is 2.32. The van der Waals surface area contributed by atoms with E-state index in [0.717, 1.165) is 24.2 Å². The summed E-state index contributed by atoms with van der Waals surface area (Å²) in [6.45, 7) is 4.45. The number of unbranched alkanes of at least 4 members (excludes halogenated alkanes) is 4. The molecule has 0 aliphatic rings. The van der Waals surface area contributed by atoms with Gasteiger partial charge in [0.2, 0.25) is 0 Å². The van der Waals surface area contributed by atoms with E-state index in [2.05, 4.69) is 23.8 Å². The molecule has 90 valence electrons. The maximum absolute atomic E-state index is 4.47. The predicted molar refractivity (Wildman–Crippen MR) is 68.5 cm³/mol. The van der Waals surface area contributed by atoms with E-state index in [1.165, 1.54) is 38.5 Å². The minimum absolute atomic E-state index is 1.08. The Morgan fingerprint density at radius 1 is 0.750 bits per heavy atom. The summed E-state index contributed by atoms with van der Waals surface area (Å²) in [5.74, 6) is 0. The van der Waals surface area contributed by atoms with Crippen LogP contribution in [0.1, 0.15) is 63.8 Å². The molecule has 0 fully saturated rings. The molecule has 0 radical (unpaired) electrons. The Bertz CT molecular complexity index is 238. The van der Waals surface area contributed by atoms with Crippen LogP contribution in [0.25, 0.3) is 0 Å². The van der Waals surface area contributed by atoms with Crippen molar-refractivity contribution in [3.05, 3.63) is 23.8 Å². The Labute approximate surface area is 99.5 Å². The molecule has 16 heavy (non-hydrogen) atoms. The molecule has 0 unspecified atom stereocenters. The van der Waals surface area contributed by atoms with Gasteiger partial charge in [-0.25, -0.2) is 0 Å². The van der Waals surface area contributed by atoms with Crippen molar-refractivity contribution in [2.24, 2.45) is 0 Å². The highest BCUT2D eigenvalue weighted by molar-refractivity contribution is 5.02. The van der Waals surface area contributed by atoms with E-state index < -0.39 is 0 Å². The van der Waals surface area contributed by atoms with Crippen molar-refractivity contribution < 1.29 is 0 Å². The lowest BCUT2D eigenvalue weighted by atomic mass is 10.1. The first-order valence-corrected chi connectivity index (χ1v) is 6.66. The van der Waals surface area contributed by atoms with Crippen molar-refractivity contribution in [3.63, 3.8) is 0 Å². The maximum Gasteiger partial charge on any atom is 0.0586 e. The highest BCUT2D eigenvalue weighted by Gasteiger charge is 1.98. The third kappa shape index (κ3) is 5.24. The van der Waals surface area contributed by atoms with Crippen molar-refractivity contribution in [1.82, 2.24) is 9.97 Å². The normalized spacial score (nSPS) is 10.6. The molecule has 0 saturated heterocycles. The highest BCUT2D eigenvalue weighted by Crippen LogP contribution is 2.06. The zero-order valence-electron chi connectivity index (χ0n) is 10.7. The van der Waals surface area contributed by atoms with E-state index in [4.69, 9.17) is 0 Å². The van der Waals surface area contributed by atoms with Crippen LogP contribution in [0.4, 0.5) is 0 Å². The molecule has 0 saturated carbocycles. The zero-order valence-corrected chi connectivity index (χ0v) is 10.7. The van der Waals surface area contributed by atoms with Gasteiger partial charge < -0.3 is 0 Å². The second kappa shape index (κ2) is 8.26. The molecule has 0 amide bonds. The van der Waals surface area contributed by atoms with Gasteiger partial charge in [-0.2, -0.15) is 0 Å². The van der Waals surface area contributed by atoms with Gasteiger partial charge in [-0.3, -0.25) is 9.97 Å². The largest absolute Gasteiger partial charge is 0.258 e. The maximum atomic E-state index is 4.47. The summed E-state index contributed by atoms with van der Waals surface area (Å²) in [6.07, 6.45) is 13.7. The van der Waals surface area contributed by atoms with Crippen LogP contribution in [-0.2, 0) is 12.8 Å². The van der Waals surface area contributed by atoms with Gasteiger partial charge in [-0.1, -0.05) is 39.5 Å². The fourth-order valence-corrected chi connectivity index (χ4v) is 1.75. The summed E-state index contributed by atoms with van der Waals surface area (Å²) >= 11 is 0.